The summed E-state index contributed by atoms with van der Waals surface area (Å²) >= 11 is 0. The molecule has 0 aromatic heterocycles. The summed E-state index contributed by atoms with van der Waals surface area (Å²) in [4.78, 5) is 36.4. The molecular weight excluding hydrogens is 412 g/mol. The molecule has 32 heavy (non-hydrogen) atoms. The van der Waals surface area contributed by atoms with Gasteiger partial charge in [0.25, 0.3) is 11.8 Å². The van der Waals surface area contributed by atoms with Crippen LogP contribution in [0.3, 0.4) is 0 Å². The van der Waals surface area contributed by atoms with Crippen molar-refractivity contribution in [3.63, 3.8) is 0 Å². The molecule has 0 bridgehead atoms. The van der Waals surface area contributed by atoms with Crippen LogP contribution < -0.4 is 15.4 Å². The molecule has 156 valence electrons. The quantitative estimate of drug-likeness (QED) is 0.412. The number of rotatable bonds is 5. The maximum absolute atomic E-state index is 12.7. The predicted octanol–water partition coefficient (Wildman–Crippen LogP) is 3.99. The zero-order valence-electron chi connectivity index (χ0n) is 16.3. The third kappa shape index (κ3) is 5.47. The number of nitriles is 2. The van der Waals surface area contributed by atoms with Gasteiger partial charge in [-0.15, -0.1) is 0 Å². The second-order valence-corrected chi connectivity index (χ2v) is 6.41. The van der Waals surface area contributed by atoms with Crippen molar-refractivity contribution in [2.75, 3.05) is 10.6 Å². The van der Waals surface area contributed by atoms with Gasteiger partial charge in [-0.2, -0.15) is 10.5 Å². The molecule has 3 aromatic carbocycles. The molecule has 0 fully saturated rings. The van der Waals surface area contributed by atoms with Crippen molar-refractivity contribution in [2.24, 2.45) is 0 Å². The lowest BCUT2D eigenvalue weighted by Crippen LogP contribution is -2.17. The molecule has 0 saturated carbocycles. The number of anilines is 2. The van der Waals surface area contributed by atoms with Crippen LogP contribution in [0.25, 0.3) is 0 Å². The molecule has 3 aromatic rings. The van der Waals surface area contributed by atoms with Crippen LogP contribution in [0.15, 0.2) is 66.7 Å². The fourth-order valence-corrected chi connectivity index (χ4v) is 2.76. The molecule has 0 aliphatic rings. The lowest BCUT2D eigenvalue weighted by atomic mass is 10.1. The Hall–Kier alpha value is -5.15. The second-order valence-electron chi connectivity index (χ2n) is 6.41. The van der Waals surface area contributed by atoms with Crippen LogP contribution in [0.4, 0.5) is 16.2 Å². The summed E-state index contributed by atoms with van der Waals surface area (Å²) in [6.45, 7) is 0. The van der Waals surface area contributed by atoms with E-state index < -0.39 is 18.0 Å². The molecule has 0 heterocycles. The summed E-state index contributed by atoms with van der Waals surface area (Å²) in [7, 11) is 0. The number of carboxylic acid groups (broad SMARTS) is 1. The monoisotopic (exact) mass is 426 g/mol. The SMILES string of the molecule is N#Cc1cccc(NC(=O)c2cc(OC(=O)O)cc(C(=O)Nc3cccc(C#N)c3)c2)c1. The van der Waals surface area contributed by atoms with Crippen molar-refractivity contribution in [3.8, 4) is 17.9 Å². The van der Waals surface area contributed by atoms with Gasteiger partial charge in [-0.3, -0.25) is 9.59 Å². The number of hydrogen-bond donors (Lipinski definition) is 3. The Morgan fingerprint density at radius 3 is 1.62 bits per heavy atom. The number of carbonyl (C=O) groups excluding carboxylic acids is 2. The molecule has 0 atom stereocenters. The molecule has 0 aliphatic heterocycles. The van der Waals surface area contributed by atoms with Crippen LogP contribution in [0.5, 0.6) is 5.75 Å². The van der Waals surface area contributed by atoms with Crippen molar-refractivity contribution < 1.29 is 24.2 Å². The van der Waals surface area contributed by atoms with E-state index in [0.717, 1.165) is 0 Å². The molecule has 0 aliphatic carbocycles. The Labute approximate surface area is 182 Å². The molecule has 9 heteroatoms. The molecule has 3 rings (SSSR count). The average Bonchev–Trinajstić information content (AvgIpc) is 2.78. The first-order chi connectivity index (χ1) is 15.4. The minimum absolute atomic E-state index is 0.0398. The first-order valence-corrected chi connectivity index (χ1v) is 9.07. The Morgan fingerprint density at radius 2 is 1.22 bits per heavy atom. The smallest absolute Gasteiger partial charge is 0.449 e. The minimum atomic E-state index is -1.61. The number of carbonyl (C=O) groups is 3. The van der Waals surface area contributed by atoms with Gasteiger partial charge < -0.3 is 20.5 Å². The van der Waals surface area contributed by atoms with Crippen LogP contribution in [-0.4, -0.2) is 23.1 Å². The normalized spacial score (nSPS) is 9.69. The van der Waals surface area contributed by atoms with Crippen molar-refractivity contribution in [1.82, 2.24) is 0 Å². The van der Waals surface area contributed by atoms with Crippen molar-refractivity contribution in [1.29, 1.82) is 10.5 Å². The summed E-state index contributed by atoms with van der Waals surface area (Å²) in [6, 6.07) is 19.9. The third-order valence-corrected chi connectivity index (χ3v) is 4.14. The molecule has 9 nitrogen and oxygen atoms in total. The summed E-state index contributed by atoms with van der Waals surface area (Å²) in [5.41, 5.74) is 1.29. The van der Waals surface area contributed by atoms with Gasteiger partial charge in [-0.05, 0) is 54.6 Å². The Bertz CT molecular complexity index is 1210. The van der Waals surface area contributed by atoms with Crippen molar-refractivity contribution in [2.45, 2.75) is 0 Å². The van der Waals surface area contributed by atoms with Crippen molar-refractivity contribution in [3.05, 3.63) is 89.0 Å². The van der Waals surface area contributed by atoms with E-state index in [1.54, 1.807) is 36.4 Å². The van der Waals surface area contributed by atoms with Crippen LogP contribution >= 0.6 is 0 Å². The summed E-state index contributed by atoms with van der Waals surface area (Å²) in [5, 5.41) is 32.1. The molecule has 0 radical (unpaired) electrons. The number of ether oxygens (including phenoxy) is 1. The Balaban J connectivity index is 1.90. The Morgan fingerprint density at radius 1 is 0.750 bits per heavy atom. The highest BCUT2D eigenvalue weighted by Gasteiger charge is 2.16. The van der Waals surface area contributed by atoms with Crippen LogP contribution in [0, 0.1) is 22.7 Å². The van der Waals surface area contributed by atoms with Gasteiger partial charge in [-0.1, -0.05) is 12.1 Å². The Kier molecular flexibility index (Phi) is 6.44. The highest BCUT2D eigenvalue weighted by atomic mass is 16.7. The molecule has 0 saturated heterocycles. The lowest BCUT2D eigenvalue weighted by Gasteiger charge is -2.11. The van der Waals surface area contributed by atoms with Crippen LogP contribution in [0.2, 0.25) is 0 Å². The van der Waals surface area contributed by atoms with E-state index in [4.69, 9.17) is 15.6 Å². The second kappa shape index (κ2) is 9.57. The number of amides is 2. The van der Waals surface area contributed by atoms with E-state index in [1.807, 2.05) is 12.1 Å². The molecule has 2 amide bonds. The number of nitrogens with zero attached hydrogens (tertiary/aromatic N) is 2. The number of benzene rings is 3. The van der Waals surface area contributed by atoms with E-state index in [0.29, 0.717) is 22.5 Å². The first kappa shape index (κ1) is 21.6. The van der Waals surface area contributed by atoms with Gasteiger partial charge in [-0.25, -0.2) is 4.79 Å². The molecule has 0 spiro atoms. The van der Waals surface area contributed by atoms with E-state index >= 15 is 0 Å². The topological polar surface area (TPSA) is 152 Å². The average molecular weight is 426 g/mol. The van der Waals surface area contributed by atoms with Gasteiger partial charge >= 0.3 is 6.16 Å². The summed E-state index contributed by atoms with van der Waals surface area (Å²) < 4.78 is 4.64. The molecule has 3 N–H and O–H groups in total. The highest BCUT2D eigenvalue weighted by Crippen LogP contribution is 2.21. The fraction of sp³-hybridized carbons (Fsp3) is 0. The van der Waals surface area contributed by atoms with E-state index in [2.05, 4.69) is 15.4 Å². The number of nitrogens with one attached hydrogen (secondary N) is 2. The highest BCUT2D eigenvalue weighted by molar-refractivity contribution is 6.09. The summed E-state index contributed by atoms with van der Waals surface area (Å²) in [6.07, 6.45) is -1.61. The maximum Gasteiger partial charge on any atom is 0.511 e. The standard InChI is InChI=1S/C23H14N4O5/c24-12-14-3-1-5-18(7-14)26-21(28)16-9-17(11-20(10-16)32-23(30)31)22(29)27-19-6-2-4-15(8-19)13-25/h1-11H,(H,26,28)(H,27,29)(H,30,31). The summed E-state index contributed by atoms with van der Waals surface area (Å²) in [5.74, 6) is -1.51. The zero-order chi connectivity index (χ0) is 23.1. The molecule has 0 unspecified atom stereocenters. The van der Waals surface area contributed by atoms with Crippen LogP contribution in [-0.2, 0) is 0 Å². The predicted molar refractivity (Wildman–Crippen MR) is 113 cm³/mol. The van der Waals surface area contributed by atoms with Gasteiger partial charge in [0, 0.05) is 22.5 Å². The maximum atomic E-state index is 12.7. The van der Waals surface area contributed by atoms with Crippen LogP contribution in [0.1, 0.15) is 31.8 Å². The van der Waals surface area contributed by atoms with E-state index in [-0.39, 0.29) is 16.9 Å². The van der Waals surface area contributed by atoms with E-state index in [9.17, 15) is 14.4 Å². The largest absolute Gasteiger partial charge is 0.511 e. The zero-order valence-corrected chi connectivity index (χ0v) is 16.3. The van der Waals surface area contributed by atoms with Gasteiger partial charge in [0.15, 0.2) is 0 Å². The van der Waals surface area contributed by atoms with E-state index in [1.165, 1.54) is 30.3 Å². The minimum Gasteiger partial charge on any atom is -0.449 e. The fourth-order valence-electron chi connectivity index (χ4n) is 2.76. The molecular formula is C23H14N4O5. The van der Waals surface area contributed by atoms with Gasteiger partial charge in [0.05, 0.1) is 23.3 Å². The third-order valence-electron chi connectivity index (χ3n) is 4.14. The first-order valence-electron chi connectivity index (χ1n) is 9.07. The van der Waals surface area contributed by atoms with Crippen molar-refractivity contribution >= 4 is 29.3 Å². The van der Waals surface area contributed by atoms with Gasteiger partial charge in [0.2, 0.25) is 0 Å². The number of hydrogen-bond acceptors (Lipinski definition) is 6. The lowest BCUT2D eigenvalue weighted by molar-refractivity contribution is 0.102. The van der Waals surface area contributed by atoms with Gasteiger partial charge in [0.1, 0.15) is 5.75 Å².